The van der Waals surface area contributed by atoms with Crippen LogP contribution in [0.25, 0.3) is 0 Å². The molecular weight excluding hydrogens is 214 g/mol. The molecule has 0 aliphatic carbocycles. The van der Waals surface area contributed by atoms with Crippen molar-refractivity contribution in [2.24, 2.45) is 5.92 Å². The van der Waals surface area contributed by atoms with Gasteiger partial charge in [-0.1, -0.05) is 0 Å². The highest BCUT2D eigenvalue weighted by molar-refractivity contribution is 5.45. The maximum atomic E-state index is 9.98. The van der Waals surface area contributed by atoms with Crippen LogP contribution in [-0.4, -0.2) is 25.3 Å². The molecule has 1 aromatic carbocycles. The van der Waals surface area contributed by atoms with Crippen molar-refractivity contribution in [1.29, 1.82) is 0 Å². The molecule has 1 aliphatic heterocycles. The Morgan fingerprint density at radius 1 is 1.47 bits per heavy atom. The lowest BCUT2D eigenvalue weighted by Crippen LogP contribution is -2.30. The van der Waals surface area contributed by atoms with Crippen molar-refractivity contribution in [3.63, 3.8) is 0 Å². The quantitative estimate of drug-likeness (QED) is 0.844. The van der Waals surface area contributed by atoms with Crippen LogP contribution in [0.1, 0.15) is 24.0 Å². The van der Waals surface area contributed by atoms with Gasteiger partial charge in [0.25, 0.3) is 0 Å². The van der Waals surface area contributed by atoms with E-state index in [0.717, 1.165) is 36.4 Å². The summed E-state index contributed by atoms with van der Waals surface area (Å²) in [5.41, 5.74) is 2.13. The Balaban J connectivity index is 2.12. The Morgan fingerprint density at radius 3 is 2.94 bits per heavy atom. The topological polar surface area (TPSA) is 41.5 Å². The molecule has 3 nitrogen and oxygen atoms in total. The number of nitrogens with one attached hydrogen (secondary N) is 1. The minimum absolute atomic E-state index is 0.359. The second kappa shape index (κ2) is 5.41. The molecule has 1 unspecified atom stereocenters. The van der Waals surface area contributed by atoms with E-state index in [4.69, 9.17) is 4.74 Å². The van der Waals surface area contributed by atoms with E-state index in [-0.39, 0.29) is 0 Å². The minimum Gasteiger partial charge on any atom is -0.508 e. The van der Waals surface area contributed by atoms with Gasteiger partial charge >= 0.3 is 0 Å². The Bertz CT molecular complexity index is 384. The van der Waals surface area contributed by atoms with E-state index < -0.39 is 0 Å². The summed E-state index contributed by atoms with van der Waals surface area (Å²) in [7, 11) is 1.63. The Kier molecular flexibility index (Phi) is 3.89. The molecule has 0 amide bonds. The van der Waals surface area contributed by atoms with Crippen LogP contribution < -0.4 is 10.1 Å². The molecule has 17 heavy (non-hydrogen) atoms. The van der Waals surface area contributed by atoms with Crippen LogP contribution in [0.2, 0.25) is 0 Å². The van der Waals surface area contributed by atoms with E-state index >= 15 is 0 Å². The van der Waals surface area contributed by atoms with Crippen molar-refractivity contribution in [2.75, 3.05) is 20.2 Å². The number of benzene rings is 1. The van der Waals surface area contributed by atoms with Gasteiger partial charge in [0.1, 0.15) is 11.5 Å². The number of ether oxygens (including phenoxy) is 1. The first-order chi connectivity index (χ1) is 8.20. The van der Waals surface area contributed by atoms with Crippen LogP contribution in [0.4, 0.5) is 0 Å². The van der Waals surface area contributed by atoms with Crippen LogP contribution in [0, 0.1) is 12.8 Å². The SMILES string of the molecule is COc1cc(O)c(CC2CCCNC2)cc1C. The standard InChI is InChI=1S/C14H21NO2/c1-10-6-12(13(16)8-14(10)17-2)7-11-4-3-5-15-9-11/h6,8,11,15-16H,3-5,7,9H2,1-2H3. The molecule has 0 saturated carbocycles. The van der Waals surface area contributed by atoms with Crippen LogP contribution in [0.3, 0.4) is 0 Å². The zero-order chi connectivity index (χ0) is 12.3. The summed E-state index contributed by atoms with van der Waals surface area (Å²) in [6, 6.07) is 3.77. The van der Waals surface area contributed by atoms with E-state index in [1.54, 1.807) is 13.2 Å². The molecule has 1 fully saturated rings. The molecule has 1 aromatic rings. The lowest BCUT2D eigenvalue weighted by atomic mass is 9.91. The zero-order valence-electron chi connectivity index (χ0n) is 10.6. The van der Waals surface area contributed by atoms with Crippen molar-refractivity contribution >= 4 is 0 Å². The number of aryl methyl sites for hydroxylation is 1. The van der Waals surface area contributed by atoms with Gasteiger partial charge in [0.2, 0.25) is 0 Å². The molecule has 0 spiro atoms. The van der Waals surface area contributed by atoms with Gasteiger partial charge in [0.05, 0.1) is 7.11 Å². The zero-order valence-corrected chi connectivity index (χ0v) is 10.6. The summed E-state index contributed by atoms with van der Waals surface area (Å²) in [4.78, 5) is 0. The molecule has 1 aliphatic rings. The number of phenolic OH excluding ortho intramolecular Hbond substituents is 1. The Hall–Kier alpha value is -1.22. The first-order valence-electron chi connectivity index (χ1n) is 6.28. The van der Waals surface area contributed by atoms with Gasteiger partial charge in [-0.15, -0.1) is 0 Å². The van der Waals surface area contributed by atoms with Crippen LogP contribution in [-0.2, 0) is 6.42 Å². The highest BCUT2D eigenvalue weighted by Gasteiger charge is 2.16. The van der Waals surface area contributed by atoms with Crippen molar-refractivity contribution in [2.45, 2.75) is 26.2 Å². The molecule has 0 radical (unpaired) electrons. The molecule has 0 aromatic heterocycles. The van der Waals surface area contributed by atoms with Crippen LogP contribution in [0.15, 0.2) is 12.1 Å². The molecule has 1 heterocycles. The highest BCUT2D eigenvalue weighted by Crippen LogP contribution is 2.30. The fraction of sp³-hybridized carbons (Fsp3) is 0.571. The molecule has 0 bridgehead atoms. The lowest BCUT2D eigenvalue weighted by molar-refractivity contribution is 0.367. The van der Waals surface area contributed by atoms with E-state index in [9.17, 15) is 5.11 Å². The number of piperidine rings is 1. The predicted octanol–water partition coefficient (Wildman–Crippen LogP) is 2.25. The Labute approximate surface area is 103 Å². The molecule has 3 heteroatoms. The van der Waals surface area contributed by atoms with Crippen molar-refractivity contribution in [3.05, 3.63) is 23.3 Å². The maximum absolute atomic E-state index is 9.98. The van der Waals surface area contributed by atoms with E-state index in [1.165, 1.54) is 12.8 Å². The molecule has 1 saturated heterocycles. The van der Waals surface area contributed by atoms with Crippen LogP contribution >= 0.6 is 0 Å². The first-order valence-corrected chi connectivity index (χ1v) is 6.28. The summed E-state index contributed by atoms with van der Waals surface area (Å²) in [6.07, 6.45) is 3.43. The molecule has 2 rings (SSSR count). The number of rotatable bonds is 3. The average molecular weight is 235 g/mol. The number of hydrogen-bond donors (Lipinski definition) is 2. The van der Waals surface area contributed by atoms with Gasteiger partial charge in [0, 0.05) is 6.07 Å². The number of methoxy groups -OCH3 is 1. The maximum Gasteiger partial charge on any atom is 0.125 e. The molecule has 94 valence electrons. The smallest absolute Gasteiger partial charge is 0.125 e. The first kappa shape index (κ1) is 12.2. The normalized spacial score (nSPS) is 20.2. The van der Waals surface area contributed by atoms with E-state index in [0.29, 0.717) is 11.7 Å². The summed E-state index contributed by atoms with van der Waals surface area (Å²) < 4.78 is 5.20. The second-order valence-electron chi connectivity index (χ2n) is 4.87. The monoisotopic (exact) mass is 235 g/mol. The highest BCUT2D eigenvalue weighted by atomic mass is 16.5. The third kappa shape index (κ3) is 2.91. The number of aromatic hydroxyl groups is 1. The molecular formula is C14H21NO2. The van der Waals surface area contributed by atoms with E-state index in [1.807, 2.05) is 13.0 Å². The third-order valence-electron chi connectivity index (χ3n) is 3.50. The van der Waals surface area contributed by atoms with Gasteiger partial charge in [-0.05, 0) is 62.4 Å². The number of phenols is 1. The largest absolute Gasteiger partial charge is 0.508 e. The number of hydrogen-bond acceptors (Lipinski definition) is 3. The van der Waals surface area contributed by atoms with Crippen LogP contribution in [0.5, 0.6) is 11.5 Å². The van der Waals surface area contributed by atoms with Crippen molar-refractivity contribution < 1.29 is 9.84 Å². The van der Waals surface area contributed by atoms with Gasteiger partial charge < -0.3 is 15.2 Å². The fourth-order valence-corrected chi connectivity index (χ4v) is 2.53. The van der Waals surface area contributed by atoms with Crippen molar-refractivity contribution in [1.82, 2.24) is 5.32 Å². The van der Waals surface area contributed by atoms with Crippen molar-refractivity contribution in [3.8, 4) is 11.5 Å². The van der Waals surface area contributed by atoms with Gasteiger partial charge in [0.15, 0.2) is 0 Å². The lowest BCUT2D eigenvalue weighted by Gasteiger charge is -2.23. The summed E-state index contributed by atoms with van der Waals surface area (Å²) in [5.74, 6) is 1.76. The minimum atomic E-state index is 0.359. The summed E-state index contributed by atoms with van der Waals surface area (Å²) in [6.45, 7) is 4.20. The van der Waals surface area contributed by atoms with Gasteiger partial charge in [-0.2, -0.15) is 0 Å². The average Bonchev–Trinajstić information content (AvgIpc) is 2.34. The van der Waals surface area contributed by atoms with Gasteiger partial charge in [-0.3, -0.25) is 0 Å². The van der Waals surface area contributed by atoms with E-state index in [2.05, 4.69) is 5.32 Å². The van der Waals surface area contributed by atoms with Gasteiger partial charge in [-0.25, -0.2) is 0 Å². The predicted molar refractivity (Wildman–Crippen MR) is 68.7 cm³/mol. The summed E-state index contributed by atoms with van der Waals surface area (Å²) >= 11 is 0. The Morgan fingerprint density at radius 2 is 2.29 bits per heavy atom. The second-order valence-corrected chi connectivity index (χ2v) is 4.87. The fourth-order valence-electron chi connectivity index (χ4n) is 2.53. The molecule has 2 N–H and O–H groups in total. The molecule has 1 atom stereocenters. The summed E-state index contributed by atoms with van der Waals surface area (Å²) in [5, 5.41) is 13.4. The third-order valence-corrected chi connectivity index (χ3v) is 3.50.